The molecule has 23 heavy (non-hydrogen) atoms. The first kappa shape index (κ1) is 19.3. The molecule has 7 heteroatoms. The molecule has 1 atom stereocenters. The highest BCUT2D eigenvalue weighted by atomic mass is 19.4. The summed E-state index contributed by atoms with van der Waals surface area (Å²) in [6.07, 6.45) is -3.91. The van der Waals surface area contributed by atoms with Gasteiger partial charge in [-0.2, -0.15) is 13.2 Å². The van der Waals surface area contributed by atoms with Crippen molar-refractivity contribution in [2.24, 2.45) is 0 Å². The molecule has 1 N–H and O–H groups in total. The predicted molar refractivity (Wildman–Crippen MR) is 80.6 cm³/mol. The number of aryl methyl sites for hydroxylation is 2. The van der Waals surface area contributed by atoms with Gasteiger partial charge in [0.2, 0.25) is 0 Å². The van der Waals surface area contributed by atoms with Gasteiger partial charge in [-0.15, -0.1) is 0 Å². The van der Waals surface area contributed by atoms with Gasteiger partial charge in [0.1, 0.15) is 11.8 Å². The maximum atomic E-state index is 12.3. The van der Waals surface area contributed by atoms with E-state index < -0.39 is 24.8 Å². The van der Waals surface area contributed by atoms with E-state index in [2.05, 4.69) is 0 Å². The van der Waals surface area contributed by atoms with Crippen LogP contribution in [-0.2, 0) is 11.3 Å². The van der Waals surface area contributed by atoms with Crippen LogP contribution < -0.4 is 4.74 Å². The number of carbonyl (C=O) groups is 1. The first-order chi connectivity index (χ1) is 10.5. The van der Waals surface area contributed by atoms with Crippen LogP contribution >= 0.6 is 0 Å². The van der Waals surface area contributed by atoms with E-state index in [1.165, 1.54) is 0 Å². The van der Waals surface area contributed by atoms with E-state index in [-0.39, 0.29) is 5.75 Å². The Morgan fingerprint density at radius 1 is 1.30 bits per heavy atom. The van der Waals surface area contributed by atoms with E-state index in [1.54, 1.807) is 44.9 Å². The molecule has 0 amide bonds. The van der Waals surface area contributed by atoms with Crippen LogP contribution in [0.1, 0.15) is 30.0 Å². The summed E-state index contributed by atoms with van der Waals surface area (Å²) in [6.45, 7) is 4.21. The molecule has 1 aromatic rings. The van der Waals surface area contributed by atoms with Gasteiger partial charge in [0.05, 0.1) is 0 Å². The first-order valence-electron chi connectivity index (χ1n) is 7.27. The molecule has 4 nitrogen and oxygen atoms in total. The molecule has 0 radical (unpaired) electrons. The summed E-state index contributed by atoms with van der Waals surface area (Å²) in [5.74, 6) is -0.674. The van der Waals surface area contributed by atoms with Crippen LogP contribution in [0.4, 0.5) is 13.2 Å². The zero-order chi connectivity index (χ0) is 17.8. The number of carboxylic acid groups (broad SMARTS) is 1. The van der Waals surface area contributed by atoms with E-state index in [4.69, 9.17) is 9.84 Å². The summed E-state index contributed by atoms with van der Waals surface area (Å²) in [5, 5.41) is 9.15. The molecule has 130 valence electrons. The topological polar surface area (TPSA) is 49.8 Å². The highest BCUT2D eigenvalue weighted by molar-refractivity contribution is 5.73. The SMILES string of the molecule is CCC(C(=O)O)N(C)Cc1cc(C)c(OCC(F)(F)F)c(C)c1. The highest BCUT2D eigenvalue weighted by Crippen LogP contribution is 2.27. The molecule has 0 saturated carbocycles. The standard InChI is InChI=1S/C16H22F3NO3/c1-5-13(15(21)22)20(4)8-12-6-10(2)14(11(3)7-12)23-9-16(17,18)19/h6-7,13H,5,8-9H2,1-4H3,(H,21,22). The van der Waals surface area contributed by atoms with Crippen molar-refractivity contribution in [2.75, 3.05) is 13.7 Å². The average molecular weight is 333 g/mol. The molecule has 0 heterocycles. The van der Waals surface area contributed by atoms with Gasteiger partial charge in [0.15, 0.2) is 6.61 Å². The third-order valence-electron chi connectivity index (χ3n) is 3.54. The summed E-state index contributed by atoms with van der Waals surface area (Å²) < 4.78 is 41.7. The second-order valence-corrected chi connectivity index (χ2v) is 5.64. The highest BCUT2D eigenvalue weighted by Gasteiger charge is 2.29. The molecule has 0 bridgehead atoms. The van der Waals surface area contributed by atoms with Gasteiger partial charge >= 0.3 is 12.1 Å². The second-order valence-electron chi connectivity index (χ2n) is 5.64. The summed E-state index contributed by atoms with van der Waals surface area (Å²) in [4.78, 5) is 12.9. The van der Waals surface area contributed by atoms with Crippen LogP contribution in [0.2, 0.25) is 0 Å². The van der Waals surface area contributed by atoms with Crippen molar-refractivity contribution in [3.05, 3.63) is 28.8 Å². The smallest absolute Gasteiger partial charge is 0.422 e. The normalized spacial score (nSPS) is 13.2. The number of benzene rings is 1. The third-order valence-corrected chi connectivity index (χ3v) is 3.54. The van der Waals surface area contributed by atoms with E-state index in [0.717, 1.165) is 5.56 Å². The molecule has 0 saturated heterocycles. The number of rotatable bonds is 7. The van der Waals surface area contributed by atoms with Gasteiger partial charge in [-0.05, 0) is 44.0 Å². The van der Waals surface area contributed by atoms with Crippen LogP contribution in [0.25, 0.3) is 0 Å². The number of alkyl halides is 3. The number of hydrogen-bond acceptors (Lipinski definition) is 3. The van der Waals surface area contributed by atoms with Crippen molar-refractivity contribution in [3.8, 4) is 5.75 Å². The maximum absolute atomic E-state index is 12.3. The van der Waals surface area contributed by atoms with Crippen LogP contribution in [0.5, 0.6) is 5.75 Å². The number of halogens is 3. The van der Waals surface area contributed by atoms with Gasteiger partial charge in [-0.25, -0.2) is 0 Å². The fourth-order valence-corrected chi connectivity index (χ4v) is 2.59. The maximum Gasteiger partial charge on any atom is 0.422 e. The summed E-state index contributed by atoms with van der Waals surface area (Å²) >= 11 is 0. The Bertz CT molecular complexity index is 535. The number of carboxylic acids is 1. The largest absolute Gasteiger partial charge is 0.484 e. The van der Waals surface area contributed by atoms with Gasteiger partial charge in [-0.3, -0.25) is 9.69 Å². The van der Waals surface area contributed by atoms with Gasteiger partial charge in [0.25, 0.3) is 0 Å². The van der Waals surface area contributed by atoms with Crippen molar-refractivity contribution in [3.63, 3.8) is 0 Å². The minimum absolute atomic E-state index is 0.221. The van der Waals surface area contributed by atoms with Crippen LogP contribution in [-0.4, -0.2) is 41.8 Å². The number of ether oxygens (including phenoxy) is 1. The first-order valence-corrected chi connectivity index (χ1v) is 7.27. The molecule has 1 rings (SSSR count). The van der Waals surface area contributed by atoms with Crippen LogP contribution in [0.15, 0.2) is 12.1 Å². The Hall–Kier alpha value is -1.76. The van der Waals surface area contributed by atoms with Crippen LogP contribution in [0.3, 0.4) is 0 Å². The summed E-state index contributed by atoms with van der Waals surface area (Å²) in [5.41, 5.74) is 2.03. The summed E-state index contributed by atoms with van der Waals surface area (Å²) in [6, 6.07) is 2.85. The van der Waals surface area contributed by atoms with E-state index >= 15 is 0 Å². The van der Waals surface area contributed by atoms with Crippen molar-refractivity contribution in [1.82, 2.24) is 4.90 Å². The molecule has 0 spiro atoms. The van der Waals surface area contributed by atoms with Gasteiger partial charge in [0, 0.05) is 6.54 Å². The molecular formula is C16H22F3NO3. The fraction of sp³-hybridized carbons (Fsp3) is 0.562. The van der Waals surface area contributed by atoms with Crippen molar-refractivity contribution >= 4 is 5.97 Å². The zero-order valence-corrected chi connectivity index (χ0v) is 13.7. The molecular weight excluding hydrogens is 311 g/mol. The predicted octanol–water partition coefficient (Wildman–Crippen LogP) is 3.54. The minimum Gasteiger partial charge on any atom is -0.484 e. The number of nitrogens with zero attached hydrogens (tertiary/aromatic N) is 1. The van der Waals surface area contributed by atoms with Crippen molar-refractivity contribution in [2.45, 2.75) is 46.0 Å². The second kappa shape index (κ2) is 7.68. The lowest BCUT2D eigenvalue weighted by atomic mass is 10.0. The molecule has 0 aliphatic rings. The van der Waals surface area contributed by atoms with Crippen molar-refractivity contribution < 1.29 is 27.8 Å². The van der Waals surface area contributed by atoms with Gasteiger partial charge < -0.3 is 9.84 Å². The lowest BCUT2D eigenvalue weighted by Gasteiger charge is -2.24. The number of hydrogen-bond donors (Lipinski definition) is 1. The Kier molecular flexibility index (Phi) is 6.44. The monoisotopic (exact) mass is 333 g/mol. The lowest BCUT2D eigenvalue weighted by molar-refractivity contribution is -0.153. The van der Waals surface area contributed by atoms with Crippen molar-refractivity contribution in [1.29, 1.82) is 0 Å². The number of likely N-dealkylation sites (N-methyl/N-ethyl adjacent to an activating group) is 1. The Morgan fingerprint density at radius 2 is 1.83 bits per heavy atom. The Morgan fingerprint density at radius 3 is 2.22 bits per heavy atom. The molecule has 1 unspecified atom stereocenters. The van der Waals surface area contributed by atoms with E-state index in [1.807, 2.05) is 0 Å². The molecule has 0 aliphatic carbocycles. The van der Waals surface area contributed by atoms with Crippen LogP contribution in [0, 0.1) is 13.8 Å². The minimum atomic E-state index is -4.38. The van der Waals surface area contributed by atoms with Gasteiger partial charge in [-0.1, -0.05) is 19.1 Å². The Labute approximate surface area is 133 Å². The van der Waals surface area contributed by atoms with E-state index in [9.17, 15) is 18.0 Å². The molecule has 0 fully saturated rings. The average Bonchev–Trinajstić information content (AvgIpc) is 2.36. The third kappa shape index (κ3) is 5.74. The fourth-order valence-electron chi connectivity index (χ4n) is 2.59. The molecule has 1 aromatic carbocycles. The Balaban J connectivity index is 2.89. The lowest BCUT2D eigenvalue weighted by Crippen LogP contribution is -2.37. The number of aliphatic carboxylic acids is 1. The summed E-state index contributed by atoms with van der Waals surface area (Å²) in [7, 11) is 1.71. The van der Waals surface area contributed by atoms with E-state index in [0.29, 0.717) is 24.1 Å². The zero-order valence-electron chi connectivity index (χ0n) is 13.7. The molecule has 0 aliphatic heterocycles. The molecule has 0 aromatic heterocycles. The quantitative estimate of drug-likeness (QED) is 0.829.